The van der Waals surface area contributed by atoms with Crippen LogP contribution < -0.4 is 0 Å². The highest BCUT2D eigenvalue weighted by atomic mass is 16.1. The van der Waals surface area contributed by atoms with Gasteiger partial charge in [-0.15, -0.1) is 0 Å². The maximum absolute atomic E-state index is 10.6. The molecule has 2 aromatic rings. The van der Waals surface area contributed by atoms with E-state index < -0.39 is 0 Å². The van der Waals surface area contributed by atoms with Gasteiger partial charge in [0.1, 0.15) is 0 Å². The zero-order chi connectivity index (χ0) is 14.3. The minimum Gasteiger partial charge on any atom is -0.295 e. The molecule has 0 saturated heterocycles. The van der Waals surface area contributed by atoms with E-state index in [9.17, 15) is 4.79 Å². The summed E-state index contributed by atoms with van der Waals surface area (Å²) in [5.41, 5.74) is 2.47. The molecule has 0 aliphatic heterocycles. The lowest BCUT2D eigenvalue weighted by atomic mass is 9.87. The lowest BCUT2D eigenvalue weighted by Crippen LogP contribution is -2.10. The van der Waals surface area contributed by atoms with Gasteiger partial charge in [0.25, 0.3) is 0 Å². The maximum Gasteiger partial charge on any atom is 0.159 e. The van der Waals surface area contributed by atoms with Gasteiger partial charge < -0.3 is 0 Å². The van der Waals surface area contributed by atoms with E-state index in [0.717, 1.165) is 5.56 Å². The van der Waals surface area contributed by atoms with Crippen molar-refractivity contribution >= 4 is 5.78 Å². The number of benzene rings is 2. The molecule has 0 radical (unpaired) electrons. The minimum absolute atomic E-state index is 0.121. The number of rotatable bonds is 1. The lowest BCUT2D eigenvalue weighted by molar-refractivity contribution is 0.101. The quantitative estimate of drug-likeness (QED) is 0.663. The van der Waals surface area contributed by atoms with Crippen molar-refractivity contribution in [1.29, 1.82) is 0 Å². The highest BCUT2D eigenvalue weighted by Crippen LogP contribution is 2.20. The van der Waals surface area contributed by atoms with Crippen molar-refractivity contribution in [3.8, 4) is 0 Å². The Hall–Kier alpha value is -1.89. The van der Waals surface area contributed by atoms with Crippen LogP contribution in [0.25, 0.3) is 0 Å². The molecule has 1 nitrogen and oxygen atoms in total. The van der Waals surface area contributed by atoms with Crippen LogP contribution in [0.2, 0.25) is 0 Å². The van der Waals surface area contributed by atoms with E-state index in [1.54, 1.807) is 6.92 Å². The topological polar surface area (TPSA) is 17.1 Å². The first-order valence-electron chi connectivity index (χ1n) is 6.53. The van der Waals surface area contributed by atoms with E-state index in [-0.39, 0.29) is 5.78 Å². The monoisotopic (exact) mass is 254 g/mol. The smallest absolute Gasteiger partial charge is 0.159 e. The van der Waals surface area contributed by atoms with Crippen molar-refractivity contribution in [1.82, 2.24) is 0 Å². The van der Waals surface area contributed by atoms with Crippen molar-refractivity contribution in [2.75, 3.05) is 0 Å². The second kappa shape index (κ2) is 6.89. The van der Waals surface area contributed by atoms with Gasteiger partial charge in [-0.3, -0.25) is 4.79 Å². The molecule has 0 N–H and O–H groups in total. The summed E-state index contributed by atoms with van der Waals surface area (Å²) in [6.45, 7) is 8.24. The van der Waals surface area contributed by atoms with Gasteiger partial charge >= 0.3 is 0 Å². The molecular weight excluding hydrogens is 232 g/mol. The fourth-order valence-electron chi connectivity index (χ4n) is 1.61. The fraction of sp³-hybridized carbons (Fsp3) is 0.278. The van der Waals surface area contributed by atoms with Crippen LogP contribution in [0.3, 0.4) is 0 Å². The van der Waals surface area contributed by atoms with E-state index in [4.69, 9.17) is 0 Å². The Labute approximate surface area is 116 Å². The summed E-state index contributed by atoms with van der Waals surface area (Å²) in [6, 6.07) is 19.8. The third-order valence-corrected chi connectivity index (χ3v) is 2.82. The van der Waals surface area contributed by atoms with Gasteiger partial charge in [0.05, 0.1) is 0 Å². The van der Waals surface area contributed by atoms with Crippen molar-refractivity contribution in [2.45, 2.75) is 33.1 Å². The van der Waals surface area contributed by atoms with Gasteiger partial charge in [0.2, 0.25) is 0 Å². The van der Waals surface area contributed by atoms with Crippen LogP contribution in [0.5, 0.6) is 0 Å². The number of carbonyl (C=O) groups is 1. The van der Waals surface area contributed by atoms with Gasteiger partial charge in [-0.1, -0.05) is 81.4 Å². The van der Waals surface area contributed by atoms with Gasteiger partial charge in [0.15, 0.2) is 5.78 Å². The number of hydrogen-bond acceptors (Lipinski definition) is 1. The molecular formula is C18H22O. The molecule has 0 aliphatic carbocycles. The Morgan fingerprint density at radius 1 is 0.789 bits per heavy atom. The molecule has 2 rings (SSSR count). The third-order valence-electron chi connectivity index (χ3n) is 2.82. The normalized spacial score (nSPS) is 10.3. The Morgan fingerprint density at radius 2 is 1.21 bits per heavy atom. The highest BCUT2D eigenvalue weighted by Gasteiger charge is 2.11. The van der Waals surface area contributed by atoms with Gasteiger partial charge in [0, 0.05) is 5.56 Å². The Kier molecular flexibility index (Phi) is 5.50. The first-order chi connectivity index (χ1) is 8.91. The SMILES string of the molecule is CC(=O)c1ccccc1.CC(C)(C)c1ccccc1. The van der Waals surface area contributed by atoms with Crippen LogP contribution >= 0.6 is 0 Å². The Bertz CT molecular complexity index is 492. The molecule has 0 aromatic heterocycles. The number of ketones is 1. The van der Waals surface area contributed by atoms with E-state index >= 15 is 0 Å². The second-order valence-corrected chi connectivity index (χ2v) is 5.54. The first-order valence-corrected chi connectivity index (χ1v) is 6.53. The minimum atomic E-state index is 0.121. The average Bonchev–Trinajstić information content (AvgIpc) is 2.40. The van der Waals surface area contributed by atoms with E-state index in [0.29, 0.717) is 5.41 Å². The Balaban J connectivity index is 0.000000191. The molecule has 0 amide bonds. The Morgan fingerprint density at radius 3 is 1.47 bits per heavy atom. The molecule has 0 saturated carbocycles. The standard InChI is InChI=1S/C10H14.C8H8O/c1-10(2,3)9-7-5-4-6-8-9;1-7(9)8-5-3-2-4-6-8/h4-8H,1-3H3;2-6H,1H3. The van der Waals surface area contributed by atoms with Crippen LogP contribution in [-0.2, 0) is 5.41 Å². The number of hydrogen-bond donors (Lipinski definition) is 0. The van der Waals surface area contributed by atoms with Crippen LogP contribution in [0.1, 0.15) is 43.6 Å². The summed E-state index contributed by atoms with van der Waals surface area (Å²) in [4.78, 5) is 10.6. The molecule has 0 unspecified atom stereocenters. The van der Waals surface area contributed by atoms with E-state index in [2.05, 4.69) is 51.1 Å². The van der Waals surface area contributed by atoms with Crippen LogP contribution in [0, 0.1) is 0 Å². The number of Topliss-reactive ketones (excluding diaryl/α,β-unsaturated/α-hetero) is 1. The predicted octanol–water partition coefficient (Wildman–Crippen LogP) is 4.87. The van der Waals surface area contributed by atoms with Crippen molar-refractivity contribution < 1.29 is 4.79 Å². The summed E-state index contributed by atoms with van der Waals surface area (Å²) >= 11 is 0. The van der Waals surface area contributed by atoms with Crippen molar-refractivity contribution in [3.05, 3.63) is 71.8 Å². The molecule has 0 fully saturated rings. The molecule has 100 valence electrons. The lowest BCUT2D eigenvalue weighted by Gasteiger charge is -2.18. The summed E-state index contributed by atoms with van der Waals surface area (Å²) < 4.78 is 0. The molecule has 19 heavy (non-hydrogen) atoms. The summed E-state index contributed by atoms with van der Waals surface area (Å²) in [6.07, 6.45) is 0. The predicted molar refractivity (Wildman–Crippen MR) is 81.6 cm³/mol. The summed E-state index contributed by atoms with van der Waals surface area (Å²) in [5.74, 6) is 0.121. The third kappa shape index (κ3) is 5.52. The molecule has 0 atom stereocenters. The van der Waals surface area contributed by atoms with Crippen molar-refractivity contribution in [2.24, 2.45) is 0 Å². The largest absolute Gasteiger partial charge is 0.295 e. The number of carbonyl (C=O) groups excluding carboxylic acids is 1. The summed E-state index contributed by atoms with van der Waals surface area (Å²) in [7, 11) is 0. The highest BCUT2D eigenvalue weighted by molar-refractivity contribution is 5.93. The molecule has 0 spiro atoms. The maximum atomic E-state index is 10.6. The zero-order valence-electron chi connectivity index (χ0n) is 12.2. The molecule has 1 heteroatoms. The summed E-state index contributed by atoms with van der Waals surface area (Å²) in [5, 5.41) is 0. The van der Waals surface area contributed by atoms with Crippen molar-refractivity contribution in [3.63, 3.8) is 0 Å². The molecule has 0 heterocycles. The average molecular weight is 254 g/mol. The van der Waals surface area contributed by atoms with Crippen LogP contribution in [0.15, 0.2) is 60.7 Å². The molecule has 0 bridgehead atoms. The fourth-order valence-corrected chi connectivity index (χ4v) is 1.61. The molecule has 0 aliphatic rings. The second-order valence-electron chi connectivity index (χ2n) is 5.54. The van der Waals surface area contributed by atoms with Gasteiger partial charge in [-0.05, 0) is 17.9 Å². The zero-order valence-corrected chi connectivity index (χ0v) is 12.2. The van der Waals surface area contributed by atoms with E-state index in [1.807, 2.05) is 30.3 Å². The van der Waals surface area contributed by atoms with E-state index in [1.165, 1.54) is 5.56 Å². The van der Waals surface area contributed by atoms with Gasteiger partial charge in [-0.2, -0.15) is 0 Å². The van der Waals surface area contributed by atoms with Gasteiger partial charge in [-0.25, -0.2) is 0 Å². The van der Waals surface area contributed by atoms with Crippen LogP contribution in [0.4, 0.5) is 0 Å². The molecule has 2 aromatic carbocycles. The first kappa shape index (κ1) is 15.2. The van der Waals surface area contributed by atoms with Crippen LogP contribution in [-0.4, -0.2) is 5.78 Å².